The fraction of sp³-hybridized carbons (Fsp3) is 0.0968. The van der Waals surface area contributed by atoms with Crippen molar-refractivity contribution in [2.24, 2.45) is 0 Å². The number of benzene rings is 4. The van der Waals surface area contributed by atoms with Crippen LogP contribution < -0.4 is 4.74 Å². The van der Waals surface area contributed by atoms with Crippen molar-refractivity contribution in [3.63, 3.8) is 0 Å². The largest absolute Gasteiger partial charge is 0.432 e. The summed E-state index contributed by atoms with van der Waals surface area (Å²) in [7, 11) is 0. The highest BCUT2D eigenvalue weighted by Gasteiger charge is 2.41. The first kappa shape index (κ1) is 30.9. The van der Waals surface area contributed by atoms with Gasteiger partial charge in [-0.1, -0.05) is 47.2 Å². The minimum Gasteiger partial charge on any atom is -0.429 e. The number of halogens is 10. The van der Waals surface area contributed by atoms with Crippen LogP contribution in [0, 0.1) is 46.7 Å². The molecule has 0 saturated heterocycles. The van der Waals surface area contributed by atoms with Crippen molar-refractivity contribution in [2.75, 3.05) is 0 Å². The van der Waals surface area contributed by atoms with Crippen LogP contribution in [0.3, 0.4) is 0 Å². The molecule has 0 aliphatic heterocycles. The molecule has 0 atom stereocenters. The lowest BCUT2D eigenvalue weighted by Gasteiger charge is -2.20. The molecule has 1 nitrogen and oxygen atoms in total. The van der Waals surface area contributed by atoms with Gasteiger partial charge in [0.2, 0.25) is 0 Å². The average Bonchev–Trinajstić information content (AvgIpc) is 2.88. The molecule has 0 heterocycles. The van der Waals surface area contributed by atoms with E-state index in [1.54, 1.807) is 12.1 Å². The fourth-order valence-electron chi connectivity index (χ4n) is 3.93. The van der Waals surface area contributed by atoms with Crippen molar-refractivity contribution in [2.45, 2.75) is 19.0 Å². The SMILES string of the molecule is C=CCCc1ccc(C#Cc2cc(F)c(-c3cc(F)c(C(F)(F)Oc4cc(Cl)c(F)c(Cl)c4)c(F)c3)c(F)c2)c(F)c1. The summed E-state index contributed by atoms with van der Waals surface area (Å²) in [6.45, 7) is 3.59. The second-order valence-electron chi connectivity index (χ2n) is 8.84. The van der Waals surface area contributed by atoms with E-state index in [9.17, 15) is 35.1 Å². The quantitative estimate of drug-likeness (QED) is 0.0858. The van der Waals surface area contributed by atoms with E-state index in [1.165, 1.54) is 12.1 Å². The van der Waals surface area contributed by atoms with Gasteiger partial charge in [-0.3, -0.25) is 0 Å². The van der Waals surface area contributed by atoms with Crippen LogP contribution in [0.4, 0.5) is 35.1 Å². The summed E-state index contributed by atoms with van der Waals surface area (Å²) >= 11 is 11.1. The molecular weight excluding hydrogens is 611 g/mol. The number of rotatable bonds is 7. The van der Waals surface area contributed by atoms with Crippen molar-refractivity contribution in [1.29, 1.82) is 0 Å². The van der Waals surface area contributed by atoms with E-state index in [2.05, 4.69) is 23.2 Å². The van der Waals surface area contributed by atoms with Gasteiger partial charge in [-0.05, 0) is 60.4 Å². The standard InChI is InChI=1S/C31H16Cl2F8O/c1-2-3-4-16-5-7-18(23(34)9-16)8-6-17-10-24(35)28(25(36)11-17)19-12-26(37)29(27(38)13-19)31(40,41)42-20-14-21(32)30(39)22(33)15-20/h2,5,7,9-15H,1,3-4H2. The number of allylic oxidation sites excluding steroid dienone is 1. The minimum absolute atomic E-state index is 0.0321. The molecule has 42 heavy (non-hydrogen) atoms. The number of alkyl halides is 2. The van der Waals surface area contributed by atoms with Crippen LogP contribution in [-0.4, -0.2) is 0 Å². The second kappa shape index (κ2) is 12.5. The molecular formula is C31H16Cl2F8O. The van der Waals surface area contributed by atoms with Gasteiger partial charge in [-0.15, -0.1) is 6.58 Å². The summed E-state index contributed by atoms with van der Waals surface area (Å²) in [4.78, 5) is 0. The summed E-state index contributed by atoms with van der Waals surface area (Å²) in [5.74, 6) is -4.12. The van der Waals surface area contributed by atoms with Crippen LogP contribution in [0.2, 0.25) is 10.0 Å². The van der Waals surface area contributed by atoms with E-state index in [-0.39, 0.29) is 23.3 Å². The summed E-state index contributed by atoms with van der Waals surface area (Å²) in [6.07, 6.45) is -1.78. The van der Waals surface area contributed by atoms with E-state index in [4.69, 9.17) is 23.2 Å². The lowest BCUT2D eigenvalue weighted by Crippen LogP contribution is -2.25. The molecule has 4 aromatic carbocycles. The van der Waals surface area contributed by atoms with Gasteiger partial charge in [0, 0.05) is 17.7 Å². The van der Waals surface area contributed by atoms with Crippen LogP contribution in [0.5, 0.6) is 5.75 Å². The first-order valence-corrected chi connectivity index (χ1v) is 12.7. The number of aryl methyl sites for hydroxylation is 1. The Labute approximate surface area is 245 Å². The van der Waals surface area contributed by atoms with Crippen molar-refractivity contribution in [3.05, 3.63) is 134 Å². The summed E-state index contributed by atoms with van der Waals surface area (Å²) in [5, 5.41) is -1.38. The van der Waals surface area contributed by atoms with Gasteiger partial charge in [0.15, 0.2) is 5.82 Å². The van der Waals surface area contributed by atoms with Gasteiger partial charge in [0.25, 0.3) is 0 Å². The molecule has 0 fully saturated rings. The van der Waals surface area contributed by atoms with E-state index in [0.717, 1.165) is 12.1 Å². The molecule has 4 aromatic rings. The van der Waals surface area contributed by atoms with E-state index in [0.29, 0.717) is 30.5 Å². The van der Waals surface area contributed by atoms with Crippen LogP contribution in [0.15, 0.2) is 67.3 Å². The third-order valence-electron chi connectivity index (χ3n) is 5.88. The summed E-state index contributed by atoms with van der Waals surface area (Å²) < 4.78 is 121. The molecule has 11 heteroatoms. The number of hydrogen-bond acceptors (Lipinski definition) is 1. The highest BCUT2D eigenvalue weighted by molar-refractivity contribution is 6.35. The Morgan fingerprint density at radius 1 is 0.762 bits per heavy atom. The zero-order chi connectivity index (χ0) is 30.8. The Balaban J connectivity index is 1.63. The molecule has 216 valence electrons. The molecule has 0 N–H and O–H groups in total. The molecule has 0 radical (unpaired) electrons. The Hall–Kier alpha value is -4.00. The van der Waals surface area contributed by atoms with E-state index in [1.807, 2.05) is 0 Å². The Morgan fingerprint density at radius 3 is 1.90 bits per heavy atom. The summed E-state index contributed by atoms with van der Waals surface area (Å²) in [6, 6.07) is 7.62. The van der Waals surface area contributed by atoms with Crippen LogP contribution in [0.1, 0.15) is 28.7 Å². The van der Waals surface area contributed by atoms with Gasteiger partial charge in [0.05, 0.1) is 21.2 Å². The van der Waals surface area contributed by atoms with Crippen molar-refractivity contribution in [3.8, 4) is 28.7 Å². The lowest BCUT2D eigenvalue weighted by atomic mass is 9.99. The maximum Gasteiger partial charge on any atom is 0.432 e. The second-order valence-corrected chi connectivity index (χ2v) is 9.66. The highest BCUT2D eigenvalue weighted by Crippen LogP contribution is 2.39. The fourth-order valence-corrected chi connectivity index (χ4v) is 4.40. The molecule has 4 rings (SSSR count). The minimum atomic E-state index is -4.67. The van der Waals surface area contributed by atoms with Crippen molar-refractivity contribution < 1.29 is 39.9 Å². The van der Waals surface area contributed by atoms with Gasteiger partial charge in [0.1, 0.15) is 40.4 Å². The van der Waals surface area contributed by atoms with E-state index >= 15 is 0 Å². The van der Waals surface area contributed by atoms with E-state index < -0.39 is 73.5 Å². The first-order chi connectivity index (χ1) is 19.8. The Kier molecular flexibility index (Phi) is 9.19. The number of ether oxygens (including phenoxy) is 1. The van der Waals surface area contributed by atoms with Gasteiger partial charge in [-0.25, -0.2) is 26.3 Å². The third-order valence-corrected chi connectivity index (χ3v) is 6.43. The van der Waals surface area contributed by atoms with Crippen molar-refractivity contribution in [1.82, 2.24) is 0 Å². The maximum atomic E-state index is 14.9. The highest BCUT2D eigenvalue weighted by atomic mass is 35.5. The zero-order valence-electron chi connectivity index (χ0n) is 21.1. The monoisotopic (exact) mass is 626 g/mol. The van der Waals surface area contributed by atoms with Crippen LogP contribution in [-0.2, 0) is 12.5 Å². The molecule has 0 amide bonds. The molecule has 0 unspecified atom stereocenters. The lowest BCUT2D eigenvalue weighted by molar-refractivity contribution is -0.189. The predicted molar refractivity (Wildman–Crippen MR) is 144 cm³/mol. The Morgan fingerprint density at radius 2 is 1.36 bits per heavy atom. The maximum absolute atomic E-state index is 14.9. The van der Waals surface area contributed by atoms with Crippen LogP contribution in [0.25, 0.3) is 11.1 Å². The molecule has 0 bridgehead atoms. The van der Waals surface area contributed by atoms with Crippen LogP contribution >= 0.6 is 23.2 Å². The van der Waals surface area contributed by atoms with Gasteiger partial charge >= 0.3 is 6.11 Å². The van der Waals surface area contributed by atoms with Gasteiger partial charge in [-0.2, -0.15) is 8.78 Å². The molecule has 0 spiro atoms. The normalized spacial score (nSPS) is 11.2. The first-order valence-electron chi connectivity index (χ1n) is 11.9. The molecule has 0 saturated carbocycles. The average molecular weight is 627 g/mol. The molecule has 0 aliphatic carbocycles. The smallest absolute Gasteiger partial charge is 0.429 e. The molecule has 0 aromatic heterocycles. The predicted octanol–water partition coefficient (Wildman–Crippen LogP) is 10.1. The third kappa shape index (κ3) is 6.72. The topological polar surface area (TPSA) is 9.23 Å². The Bertz CT molecular complexity index is 1690. The molecule has 0 aliphatic rings. The zero-order valence-corrected chi connectivity index (χ0v) is 22.6. The number of hydrogen-bond donors (Lipinski definition) is 0. The van der Waals surface area contributed by atoms with Gasteiger partial charge < -0.3 is 4.74 Å². The summed E-state index contributed by atoms with van der Waals surface area (Å²) in [5.41, 5.74) is -3.10. The van der Waals surface area contributed by atoms with Crippen molar-refractivity contribution >= 4 is 23.2 Å².